The third-order valence-electron chi connectivity index (χ3n) is 3.78. The lowest BCUT2D eigenvalue weighted by Crippen LogP contribution is -2.12. The number of rotatable bonds is 2. The van der Waals surface area contributed by atoms with E-state index in [9.17, 15) is 9.18 Å². The van der Waals surface area contributed by atoms with Crippen LogP contribution in [0.2, 0.25) is 0 Å². The number of aryl methyl sites for hydroxylation is 3. The Labute approximate surface area is 117 Å². The maximum Gasteiger partial charge on any atom is 0.255 e. The normalized spacial score (nSPS) is 13.1. The molecule has 0 unspecified atom stereocenters. The molecule has 0 heterocycles. The van der Waals surface area contributed by atoms with Gasteiger partial charge in [0.15, 0.2) is 0 Å². The van der Waals surface area contributed by atoms with Gasteiger partial charge in [-0.2, -0.15) is 0 Å². The molecule has 0 saturated carbocycles. The summed E-state index contributed by atoms with van der Waals surface area (Å²) in [6.07, 6.45) is 3.39. The van der Waals surface area contributed by atoms with Crippen LogP contribution in [-0.4, -0.2) is 5.91 Å². The van der Waals surface area contributed by atoms with Crippen molar-refractivity contribution in [3.8, 4) is 0 Å². The van der Waals surface area contributed by atoms with E-state index in [2.05, 4.69) is 11.4 Å². The first-order valence-electron chi connectivity index (χ1n) is 6.83. The number of anilines is 1. The fraction of sp³-hybridized carbons (Fsp3) is 0.235. The maximum absolute atomic E-state index is 13.2. The van der Waals surface area contributed by atoms with Crippen LogP contribution < -0.4 is 5.32 Å². The van der Waals surface area contributed by atoms with E-state index >= 15 is 0 Å². The van der Waals surface area contributed by atoms with Gasteiger partial charge < -0.3 is 5.32 Å². The summed E-state index contributed by atoms with van der Waals surface area (Å²) in [6.45, 7) is 1.65. The highest BCUT2D eigenvalue weighted by atomic mass is 19.1. The molecule has 1 aliphatic rings. The first-order valence-corrected chi connectivity index (χ1v) is 6.83. The number of carbonyl (C=O) groups is 1. The van der Waals surface area contributed by atoms with Gasteiger partial charge in [-0.3, -0.25) is 4.79 Å². The zero-order chi connectivity index (χ0) is 14.1. The van der Waals surface area contributed by atoms with Crippen LogP contribution in [0, 0.1) is 12.7 Å². The maximum atomic E-state index is 13.2. The molecule has 20 heavy (non-hydrogen) atoms. The van der Waals surface area contributed by atoms with Crippen molar-refractivity contribution in [2.24, 2.45) is 0 Å². The molecular formula is C17H16FNO. The number of hydrogen-bond acceptors (Lipinski definition) is 1. The Morgan fingerprint density at radius 3 is 2.70 bits per heavy atom. The van der Waals surface area contributed by atoms with E-state index < -0.39 is 0 Å². The molecule has 2 nitrogen and oxygen atoms in total. The highest BCUT2D eigenvalue weighted by Crippen LogP contribution is 2.25. The van der Waals surface area contributed by atoms with Crippen LogP contribution in [0.3, 0.4) is 0 Å². The summed E-state index contributed by atoms with van der Waals surface area (Å²) in [5, 5.41) is 2.87. The molecule has 0 radical (unpaired) electrons. The Morgan fingerprint density at radius 1 is 1.10 bits per heavy atom. The smallest absolute Gasteiger partial charge is 0.255 e. The number of nitrogens with one attached hydrogen (secondary N) is 1. The SMILES string of the molecule is Cc1cc(C(=O)Nc2ccc3c(c2)CCC3)ccc1F. The zero-order valence-corrected chi connectivity index (χ0v) is 11.4. The van der Waals surface area contributed by atoms with Crippen molar-refractivity contribution < 1.29 is 9.18 Å². The Kier molecular flexibility index (Phi) is 3.26. The van der Waals surface area contributed by atoms with Crippen LogP contribution in [0.25, 0.3) is 0 Å². The molecule has 0 saturated heterocycles. The van der Waals surface area contributed by atoms with Crippen molar-refractivity contribution in [2.45, 2.75) is 26.2 Å². The number of carbonyl (C=O) groups excluding carboxylic acids is 1. The summed E-state index contributed by atoms with van der Waals surface area (Å²) in [6, 6.07) is 10.4. The molecular weight excluding hydrogens is 253 g/mol. The Morgan fingerprint density at radius 2 is 1.90 bits per heavy atom. The molecule has 0 bridgehead atoms. The third kappa shape index (κ3) is 2.44. The molecule has 2 aromatic carbocycles. The molecule has 1 amide bonds. The van der Waals surface area contributed by atoms with Gasteiger partial charge in [0.2, 0.25) is 0 Å². The molecule has 0 aromatic heterocycles. The molecule has 0 spiro atoms. The van der Waals surface area contributed by atoms with Crippen LogP contribution in [-0.2, 0) is 12.8 Å². The van der Waals surface area contributed by atoms with E-state index in [1.54, 1.807) is 13.0 Å². The van der Waals surface area contributed by atoms with Crippen molar-refractivity contribution in [1.29, 1.82) is 0 Å². The number of amides is 1. The second kappa shape index (κ2) is 5.08. The highest BCUT2D eigenvalue weighted by molar-refractivity contribution is 6.04. The summed E-state index contributed by atoms with van der Waals surface area (Å²) in [5.74, 6) is -0.495. The second-order valence-corrected chi connectivity index (χ2v) is 5.26. The minimum Gasteiger partial charge on any atom is -0.322 e. The highest BCUT2D eigenvalue weighted by Gasteiger charge is 2.13. The van der Waals surface area contributed by atoms with Crippen molar-refractivity contribution in [2.75, 3.05) is 5.32 Å². The quantitative estimate of drug-likeness (QED) is 0.880. The molecule has 1 N–H and O–H groups in total. The molecule has 3 heteroatoms. The molecule has 1 aliphatic carbocycles. The third-order valence-corrected chi connectivity index (χ3v) is 3.78. The zero-order valence-electron chi connectivity index (χ0n) is 11.4. The van der Waals surface area contributed by atoms with Crippen molar-refractivity contribution >= 4 is 11.6 Å². The Bertz CT molecular complexity index is 679. The summed E-state index contributed by atoms with van der Waals surface area (Å²) in [4.78, 5) is 12.1. The van der Waals surface area contributed by atoms with Gasteiger partial charge in [-0.05, 0) is 73.2 Å². The second-order valence-electron chi connectivity index (χ2n) is 5.26. The Hall–Kier alpha value is -2.16. The first-order chi connectivity index (χ1) is 9.63. The topological polar surface area (TPSA) is 29.1 Å². The fourth-order valence-corrected chi connectivity index (χ4v) is 2.64. The summed E-state index contributed by atoms with van der Waals surface area (Å²) >= 11 is 0. The molecule has 102 valence electrons. The summed E-state index contributed by atoms with van der Waals surface area (Å²) in [5.41, 5.74) is 4.45. The number of fused-ring (bicyclic) bond motifs is 1. The van der Waals surface area contributed by atoms with E-state index in [4.69, 9.17) is 0 Å². The molecule has 0 aliphatic heterocycles. The van der Waals surface area contributed by atoms with Gasteiger partial charge in [-0.15, -0.1) is 0 Å². The summed E-state index contributed by atoms with van der Waals surface area (Å²) in [7, 11) is 0. The minimum atomic E-state index is -0.293. The van der Waals surface area contributed by atoms with E-state index in [1.165, 1.54) is 29.7 Å². The molecule has 0 atom stereocenters. The van der Waals surface area contributed by atoms with Gasteiger partial charge in [-0.1, -0.05) is 6.07 Å². The van der Waals surface area contributed by atoms with E-state index in [-0.39, 0.29) is 11.7 Å². The van der Waals surface area contributed by atoms with Crippen LogP contribution in [0.1, 0.15) is 33.5 Å². The van der Waals surface area contributed by atoms with Gasteiger partial charge in [-0.25, -0.2) is 4.39 Å². The van der Waals surface area contributed by atoms with Gasteiger partial charge in [0, 0.05) is 11.3 Å². The predicted molar refractivity (Wildman–Crippen MR) is 77.6 cm³/mol. The number of hydrogen-bond donors (Lipinski definition) is 1. The van der Waals surface area contributed by atoms with Crippen molar-refractivity contribution in [1.82, 2.24) is 0 Å². The van der Waals surface area contributed by atoms with Crippen LogP contribution in [0.4, 0.5) is 10.1 Å². The van der Waals surface area contributed by atoms with E-state index in [1.807, 2.05) is 12.1 Å². The van der Waals surface area contributed by atoms with Crippen LogP contribution >= 0.6 is 0 Å². The average Bonchev–Trinajstić information content (AvgIpc) is 2.89. The predicted octanol–water partition coefficient (Wildman–Crippen LogP) is 3.88. The lowest BCUT2D eigenvalue weighted by Gasteiger charge is -2.08. The molecule has 3 rings (SSSR count). The number of benzene rings is 2. The van der Waals surface area contributed by atoms with Crippen molar-refractivity contribution in [3.05, 3.63) is 64.5 Å². The Balaban J connectivity index is 1.80. The van der Waals surface area contributed by atoms with Crippen molar-refractivity contribution in [3.63, 3.8) is 0 Å². The molecule has 2 aromatic rings. The average molecular weight is 269 g/mol. The standard InChI is InChI=1S/C17H16FNO/c1-11-9-14(6-8-16(11)18)17(20)19-15-7-5-12-3-2-4-13(12)10-15/h5-10H,2-4H2,1H3,(H,19,20). The first kappa shape index (κ1) is 12.9. The van der Waals surface area contributed by atoms with Gasteiger partial charge in [0.1, 0.15) is 5.82 Å². The lowest BCUT2D eigenvalue weighted by atomic mass is 10.1. The fourth-order valence-electron chi connectivity index (χ4n) is 2.64. The lowest BCUT2D eigenvalue weighted by molar-refractivity contribution is 0.102. The van der Waals surface area contributed by atoms with Gasteiger partial charge in [0.25, 0.3) is 5.91 Å². The van der Waals surface area contributed by atoms with E-state index in [0.29, 0.717) is 11.1 Å². The van der Waals surface area contributed by atoms with Gasteiger partial charge in [0.05, 0.1) is 0 Å². The summed E-state index contributed by atoms with van der Waals surface area (Å²) < 4.78 is 13.2. The van der Waals surface area contributed by atoms with Crippen LogP contribution in [0.15, 0.2) is 36.4 Å². The number of halogens is 1. The van der Waals surface area contributed by atoms with Gasteiger partial charge >= 0.3 is 0 Å². The monoisotopic (exact) mass is 269 g/mol. The largest absolute Gasteiger partial charge is 0.322 e. The van der Waals surface area contributed by atoms with E-state index in [0.717, 1.165) is 18.5 Å². The molecule has 0 fully saturated rings. The minimum absolute atomic E-state index is 0.203. The van der Waals surface area contributed by atoms with Crippen LogP contribution in [0.5, 0.6) is 0 Å².